The van der Waals surface area contributed by atoms with Crippen molar-refractivity contribution >= 4 is 23.4 Å². The zero-order valence-corrected chi connectivity index (χ0v) is 21.7. The Morgan fingerprint density at radius 2 is 1.52 bits per heavy atom. The molecule has 0 aromatic heterocycles. The van der Waals surface area contributed by atoms with E-state index in [2.05, 4.69) is 0 Å². The summed E-state index contributed by atoms with van der Waals surface area (Å²) in [4.78, 5) is 12.0. The van der Waals surface area contributed by atoms with Crippen LogP contribution in [0.4, 0.5) is 33.3 Å². The number of halogens is 5. The number of anilines is 2. The number of nitrogens with two attached hydrogens (primary N) is 2. The molecule has 3 aromatic rings. The van der Waals surface area contributed by atoms with Gasteiger partial charge in [-0.25, -0.2) is 4.79 Å². The second-order valence-corrected chi connectivity index (χ2v) is 9.27. The number of benzene rings is 3. The van der Waals surface area contributed by atoms with Crippen LogP contribution in [-0.2, 0) is 28.5 Å². The summed E-state index contributed by atoms with van der Waals surface area (Å²) >= 11 is 0. The third-order valence-electron chi connectivity index (χ3n) is 6.03. The van der Waals surface area contributed by atoms with Gasteiger partial charge in [0, 0.05) is 23.9 Å². The Kier molecular flexibility index (Phi) is 10.5. The first-order valence-corrected chi connectivity index (χ1v) is 12.7. The minimum absolute atomic E-state index is 0.119. The molecule has 4 N–H and O–H groups in total. The molecule has 0 fully saturated rings. The molecule has 0 aliphatic rings. The van der Waals surface area contributed by atoms with Gasteiger partial charge in [0.2, 0.25) is 0 Å². The van der Waals surface area contributed by atoms with Crippen LogP contribution in [-0.4, -0.2) is 18.8 Å². The Morgan fingerprint density at radius 1 is 0.825 bits per heavy atom. The number of nitrogen functional groups attached to an aromatic ring is 2. The van der Waals surface area contributed by atoms with Gasteiger partial charge in [0.05, 0.1) is 12.2 Å². The summed E-state index contributed by atoms with van der Waals surface area (Å²) in [6, 6.07) is 15.6. The lowest BCUT2D eigenvalue weighted by molar-refractivity contribution is -0.185. The highest BCUT2D eigenvalue weighted by molar-refractivity contribution is 5.87. The molecule has 0 unspecified atom stereocenters. The fourth-order valence-electron chi connectivity index (χ4n) is 3.83. The quantitative estimate of drug-likeness (QED) is 0.0743. The number of hydrogen-bond donors (Lipinski definition) is 2. The van der Waals surface area contributed by atoms with E-state index in [1.165, 1.54) is 48.6 Å². The van der Waals surface area contributed by atoms with Crippen molar-refractivity contribution < 1.29 is 36.2 Å². The van der Waals surface area contributed by atoms with Crippen molar-refractivity contribution in [3.63, 3.8) is 0 Å². The normalized spacial score (nSPS) is 12.0. The fourth-order valence-corrected chi connectivity index (χ4v) is 3.83. The molecular weight excluding hydrogens is 531 g/mol. The molecule has 0 amide bonds. The highest BCUT2D eigenvalue weighted by Crippen LogP contribution is 2.32. The van der Waals surface area contributed by atoms with Crippen molar-refractivity contribution in [1.82, 2.24) is 0 Å². The summed E-state index contributed by atoms with van der Waals surface area (Å²) < 4.78 is 76.1. The molecule has 10 heteroatoms. The summed E-state index contributed by atoms with van der Waals surface area (Å²) in [5.74, 6) is -0.639. The van der Waals surface area contributed by atoms with Gasteiger partial charge in [-0.1, -0.05) is 30.3 Å². The second kappa shape index (κ2) is 13.8. The minimum atomic E-state index is -4.32. The lowest BCUT2D eigenvalue weighted by atomic mass is 10.0. The Bertz CT molecular complexity index is 1270. The third kappa shape index (κ3) is 10.2. The maximum atomic E-state index is 14.5. The molecule has 40 heavy (non-hydrogen) atoms. The zero-order valence-electron chi connectivity index (χ0n) is 21.7. The van der Waals surface area contributed by atoms with Crippen molar-refractivity contribution in [2.45, 2.75) is 50.8 Å². The number of carbonyl (C=O) groups excluding carboxylic acids is 1. The summed E-state index contributed by atoms with van der Waals surface area (Å²) in [6.07, 6.45) is -3.33. The van der Waals surface area contributed by atoms with E-state index in [-0.39, 0.29) is 18.8 Å². The molecule has 0 heterocycles. The molecule has 0 bridgehead atoms. The van der Waals surface area contributed by atoms with Gasteiger partial charge in [-0.05, 0) is 91.3 Å². The predicted molar refractivity (Wildman–Crippen MR) is 145 cm³/mol. The number of unbranched alkanes of at least 4 members (excludes halogenated alkanes) is 2. The van der Waals surface area contributed by atoms with Crippen molar-refractivity contribution in [1.29, 1.82) is 0 Å². The van der Waals surface area contributed by atoms with Crippen LogP contribution in [0.3, 0.4) is 0 Å². The molecular formula is C30H31F5N2O3. The van der Waals surface area contributed by atoms with E-state index in [0.29, 0.717) is 28.9 Å². The van der Waals surface area contributed by atoms with E-state index in [9.17, 15) is 26.7 Å². The lowest BCUT2D eigenvalue weighted by Gasteiger charge is -2.18. The van der Waals surface area contributed by atoms with Crippen LogP contribution in [0.1, 0.15) is 47.9 Å². The lowest BCUT2D eigenvalue weighted by Crippen LogP contribution is -2.21. The summed E-state index contributed by atoms with van der Waals surface area (Å²) in [7, 11) is 0. The number of aryl methyl sites for hydroxylation is 2. The molecule has 0 saturated heterocycles. The highest BCUT2D eigenvalue weighted by Gasteiger charge is 2.34. The van der Waals surface area contributed by atoms with Crippen LogP contribution in [0.2, 0.25) is 0 Å². The standard InChI is InChI=1S/C30H31F5N2O3/c31-29(32,33)18-17-22-5-11-24(12-6-22)30(34,35)40-26-14-7-21(8-15-26)9-16-28(38)39-19-3-1-2-4-23-10-13-25(36)20-27(23)37/h5-16,20H,1-4,17-19,36-37H2/b16-9+. The molecule has 5 nitrogen and oxygen atoms in total. The molecule has 3 rings (SSSR count). The monoisotopic (exact) mass is 562 g/mol. The molecule has 0 atom stereocenters. The SMILES string of the molecule is Nc1ccc(CCCCCOC(=O)/C=C/c2ccc(OC(F)(F)c3ccc(CCC(F)(F)F)cc3)cc2)c(N)c1. The van der Waals surface area contributed by atoms with Crippen LogP contribution in [0.25, 0.3) is 6.08 Å². The van der Waals surface area contributed by atoms with Crippen molar-refractivity contribution in [2.24, 2.45) is 0 Å². The molecule has 0 spiro atoms. The average molecular weight is 563 g/mol. The van der Waals surface area contributed by atoms with Crippen molar-refractivity contribution in [3.8, 4) is 5.75 Å². The molecule has 0 aliphatic heterocycles. The van der Waals surface area contributed by atoms with Crippen LogP contribution >= 0.6 is 0 Å². The summed E-state index contributed by atoms with van der Waals surface area (Å²) in [5, 5.41) is 0. The maximum Gasteiger partial charge on any atom is 0.426 e. The van der Waals surface area contributed by atoms with Gasteiger partial charge in [-0.15, -0.1) is 0 Å². The van der Waals surface area contributed by atoms with Gasteiger partial charge in [0.1, 0.15) is 5.75 Å². The van der Waals surface area contributed by atoms with Crippen molar-refractivity contribution in [3.05, 3.63) is 95.1 Å². The summed E-state index contributed by atoms with van der Waals surface area (Å²) in [5.41, 5.74) is 14.3. The van der Waals surface area contributed by atoms with Gasteiger partial charge in [0.25, 0.3) is 0 Å². The van der Waals surface area contributed by atoms with Gasteiger partial charge in [-0.2, -0.15) is 22.0 Å². The number of hydrogen-bond acceptors (Lipinski definition) is 5. The minimum Gasteiger partial charge on any atom is -0.463 e. The number of carbonyl (C=O) groups is 1. The Balaban J connectivity index is 1.39. The molecule has 0 aliphatic carbocycles. The van der Waals surface area contributed by atoms with E-state index < -0.39 is 30.2 Å². The van der Waals surface area contributed by atoms with Gasteiger partial charge < -0.3 is 20.9 Å². The molecule has 214 valence electrons. The van der Waals surface area contributed by atoms with Gasteiger partial charge >= 0.3 is 18.3 Å². The first kappa shape index (κ1) is 30.5. The number of rotatable bonds is 13. The predicted octanol–water partition coefficient (Wildman–Crippen LogP) is 7.44. The third-order valence-corrected chi connectivity index (χ3v) is 6.03. The fraction of sp³-hybridized carbons (Fsp3) is 0.300. The van der Waals surface area contributed by atoms with Crippen LogP contribution in [0.5, 0.6) is 5.75 Å². The van der Waals surface area contributed by atoms with Crippen LogP contribution in [0.15, 0.2) is 72.8 Å². The average Bonchev–Trinajstić information content (AvgIpc) is 2.90. The maximum absolute atomic E-state index is 14.5. The van der Waals surface area contributed by atoms with E-state index in [0.717, 1.165) is 37.0 Å². The van der Waals surface area contributed by atoms with E-state index in [4.69, 9.17) is 20.9 Å². The first-order valence-electron chi connectivity index (χ1n) is 12.7. The Hall–Kier alpha value is -4.08. The van der Waals surface area contributed by atoms with Gasteiger partial charge in [-0.3, -0.25) is 0 Å². The highest BCUT2D eigenvalue weighted by atomic mass is 19.4. The summed E-state index contributed by atoms with van der Waals surface area (Å²) in [6.45, 7) is 0.269. The molecule has 0 saturated carbocycles. The zero-order chi connectivity index (χ0) is 29.2. The van der Waals surface area contributed by atoms with E-state index in [1.54, 1.807) is 6.07 Å². The van der Waals surface area contributed by atoms with Gasteiger partial charge in [0.15, 0.2) is 0 Å². The largest absolute Gasteiger partial charge is 0.463 e. The van der Waals surface area contributed by atoms with Crippen molar-refractivity contribution in [2.75, 3.05) is 18.1 Å². The topological polar surface area (TPSA) is 87.6 Å². The Labute approximate surface area is 229 Å². The molecule has 0 radical (unpaired) electrons. The Morgan fingerprint density at radius 3 is 2.17 bits per heavy atom. The van der Waals surface area contributed by atoms with Crippen LogP contribution < -0.4 is 16.2 Å². The number of alkyl halides is 5. The van der Waals surface area contributed by atoms with E-state index in [1.807, 2.05) is 12.1 Å². The number of ether oxygens (including phenoxy) is 2. The van der Waals surface area contributed by atoms with E-state index >= 15 is 0 Å². The first-order chi connectivity index (χ1) is 18.9. The second-order valence-electron chi connectivity index (χ2n) is 9.27. The smallest absolute Gasteiger partial charge is 0.426 e. The number of esters is 1. The van der Waals surface area contributed by atoms with Crippen LogP contribution in [0, 0.1) is 0 Å². The molecule has 3 aromatic carbocycles.